The molecule has 0 unspecified atom stereocenters. The van der Waals surface area contributed by atoms with Crippen molar-refractivity contribution in [2.45, 2.75) is 39.6 Å². The Labute approximate surface area is 734 Å². The first-order valence-corrected chi connectivity index (χ1v) is 46.8. The van der Waals surface area contributed by atoms with Gasteiger partial charge in [-0.15, -0.1) is 0 Å². The lowest BCUT2D eigenvalue weighted by Crippen LogP contribution is -2.13. The number of amides is 2. The molecule has 13 rings (SSSR count). The summed E-state index contributed by atoms with van der Waals surface area (Å²) in [5, 5.41) is 3.51. The molecule has 0 fully saturated rings. The van der Waals surface area contributed by atoms with Crippen molar-refractivity contribution in [1.82, 2.24) is 19.9 Å². The monoisotopic (exact) mass is 2030 g/mol. The topological polar surface area (TPSA) is 376 Å². The Kier molecular flexibility index (Phi) is 26.5. The van der Waals surface area contributed by atoms with Crippen molar-refractivity contribution >= 4 is 130 Å². The van der Waals surface area contributed by atoms with Crippen molar-refractivity contribution < 1.29 is 191 Å². The second kappa shape index (κ2) is 35.8. The van der Waals surface area contributed by atoms with E-state index in [4.69, 9.17) is 0 Å². The van der Waals surface area contributed by atoms with Crippen molar-refractivity contribution in [3.05, 3.63) is 243 Å². The number of benzene rings is 6. The third kappa shape index (κ3) is 18.7. The van der Waals surface area contributed by atoms with Crippen LogP contribution in [0.2, 0.25) is 0 Å². The maximum atomic E-state index is 17.6. The van der Waals surface area contributed by atoms with E-state index in [-0.39, 0.29) is 98.2 Å². The van der Waals surface area contributed by atoms with Gasteiger partial charge in [0.05, 0.1) is 189 Å². The molecule has 0 aliphatic carbocycles. The summed E-state index contributed by atoms with van der Waals surface area (Å²) in [7, 11) is -29.5. The number of carbonyl (C=O) groups excluding carboxylic acids is 2. The standard InChI is InChI=1S/C78H44F24N6O20S6/c1-129(111,112)123-17-25-53(79)65(91)47(66(92)54(25)80)41-23-15-39(107-77(23)109)45(51-73(99)61(87)29(62(88)74(51)100)21-127-133(5,119)120)37-13-12-36(106-37)44(50-71(97)59(85)28(60(86)72(50)98)20-126-132(4,117)118)34-10-8-32(104-34)42(48-67(93)55(81)26(56(82)68(48)94)18-124-130(2,113)114)24-16-40(108-78(24)110)46(52-75(101)63(89)30(64(90)76(52)102)22-128-134(6,121)122)38-14-11-35(105-38)43(33-9-7-31(41)103-33)49-69(95)57(83)27(58(84)70(49)96)19-125-131(3,115)116/h7-16,103-104H,17-22H2,1-6H3,(H,107,109)(H,108,110). The zero-order valence-electron chi connectivity index (χ0n) is 66.6. The van der Waals surface area contributed by atoms with Crippen molar-refractivity contribution in [3.63, 3.8) is 0 Å². The molecule has 7 heterocycles. The number of fused-ring (bicyclic) bond motifs is 12. The van der Waals surface area contributed by atoms with E-state index in [1.165, 1.54) is 0 Å². The Hall–Kier alpha value is -12.4. The molecule has 0 spiro atoms. The van der Waals surface area contributed by atoms with Gasteiger partial charge >= 0.3 is 0 Å². The summed E-state index contributed by atoms with van der Waals surface area (Å²) < 4.78 is 585. The van der Waals surface area contributed by atoms with Crippen LogP contribution >= 0.6 is 0 Å². The van der Waals surface area contributed by atoms with Gasteiger partial charge in [0.1, 0.15) is 0 Å². The van der Waals surface area contributed by atoms with E-state index in [9.17, 15) is 50.5 Å². The summed E-state index contributed by atoms with van der Waals surface area (Å²) >= 11 is 0. The molecule has 2 amide bonds. The number of aromatic nitrogens is 4. The van der Waals surface area contributed by atoms with Crippen LogP contribution in [0, 0.1) is 140 Å². The molecule has 134 heavy (non-hydrogen) atoms. The molecule has 4 N–H and O–H groups in total. The van der Waals surface area contributed by atoms with E-state index in [0.29, 0.717) is 0 Å². The second-order valence-electron chi connectivity index (χ2n) is 28.6. The Bertz CT molecular complexity index is 7370. The zero-order chi connectivity index (χ0) is 99.1. The van der Waals surface area contributed by atoms with Crippen LogP contribution < -0.4 is 10.6 Å². The summed E-state index contributed by atoms with van der Waals surface area (Å²) in [5.74, 6) is -70.8. The normalized spacial score (nSPS) is 13.2. The van der Waals surface area contributed by atoms with Gasteiger partial charge in [-0.2, -0.15) is 50.5 Å². The summed E-state index contributed by atoms with van der Waals surface area (Å²) in [6, 6.07) is 1.06. The van der Waals surface area contributed by atoms with Crippen LogP contribution in [0.5, 0.6) is 0 Å². The highest BCUT2D eigenvalue weighted by Gasteiger charge is 2.42. The summed E-state index contributed by atoms with van der Waals surface area (Å²) in [5.41, 5.74) is -55.7. The number of nitrogens with one attached hydrogen (secondary N) is 4. The predicted molar refractivity (Wildman–Crippen MR) is 419 cm³/mol. The molecule has 4 aliphatic rings. The minimum atomic E-state index is -4.92. The maximum Gasteiger partial charge on any atom is 0.264 e. The van der Waals surface area contributed by atoms with Gasteiger partial charge in [-0.3, -0.25) is 34.7 Å². The molecule has 56 heteroatoms. The molecular formula is C78H44F24N6O20S6. The quantitative estimate of drug-likeness (QED) is 0.0248. The smallest absolute Gasteiger partial charge is 0.264 e. The van der Waals surface area contributed by atoms with Gasteiger partial charge in [-0.1, -0.05) is 0 Å². The summed E-state index contributed by atoms with van der Waals surface area (Å²) in [6.45, 7) is -11.9. The highest BCUT2D eigenvalue weighted by atomic mass is 32.2. The number of hydrogen-bond donors (Lipinski definition) is 4. The molecule has 3 aromatic heterocycles. The number of carbonyl (C=O) groups is 2. The first-order chi connectivity index (χ1) is 62.0. The minimum absolute atomic E-state index is 0.0134. The molecule has 0 saturated heterocycles. The van der Waals surface area contributed by atoms with E-state index < -0.39 is 419 Å². The van der Waals surface area contributed by atoms with Crippen LogP contribution in [0.3, 0.4) is 0 Å². The number of anilines is 2. The largest absolute Gasteiger partial charge is 0.354 e. The predicted octanol–water partition coefficient (Wildman–Crippen LogP) is 16.2. The Balaban J connectivity index is 1.36. The van der Waals surface area contributed by atoms with Gasteiger partial charge in [0.25, 0.3) is 72.5 Å². The van der Waals surface area contributed by atoms with Gasteiger partial charge in [-0.25, -0.2) is 115 Å². The molecule has 0 atom stereocenters. The Morgan fingerprint density at radius 2 is 0.388 bits per heavy atom. The fraction of sp³-hybridized carbons (Fsp3) is 0.154. The van der Waals surface area contributed by atoms with Crippen molar-refractivity contribution in [3.8, 4) is 66.8 Å². The van der Waals surface area contributed by atoms with E-state index >= 15 is 115 Å². The molecule has 9 aromatic rings. The van der Waals surface area contributed by atoms with Gasteiger partial charge in [0.15, 0.2) is 140 Å². The number of rotatable bonds is 24. The van der Waals surface area contributed by atoms with Crippen molar-refractivity contribution in [2.24, 2.45) is 0 Å². The summed E-state index contributed by atoms with van der Waals surface area (Å²) in [4.78, 5) is 42.6. The van der Waals surface area contributed by atoms with Gasteiger partial charge < -0.3 is 20.6 Å². The third-order valence-electron chi connectivity index (χ3n) is 19.5. The summed E-state index contributed by atoms with van der Waals surface area (Å²) in [6.07, 6.45) is 2.37. The van der Waals surface area contributed by atoms with Crippen molar-refractivity contribution in [1.29, 1.82) is 0 Å². The molecule has 4 aliphatic heterocycles. The van der Waals surface area contributed by atoms with Crippen LogP contribution in [0.25, 0.3) is 113 Å². The van der Waals surface area contributed by atoms with Crippen molar-refractivity contribution in [2.75, 3.05) is 48.2 Å². The Morgan fingerprint density at radius 3 is 0.567 bits per heavy atom. The lowest BCUT2D eigenvalue weighted by molar-refractivity contribution is 0.102. The Morgan fingerprint density at radius 1 is 0.231 bits per heavy atom. The molecular weight excluding hydrogens is 1990 g/mol. The van der Waals surface area contributed by atoms with Gasteiger partial charge in [0, 0.05) is 55.4 Å². The van der Waals surface area contributed by atoms with E-state index in [2.05, 4.69) is 45.0 Å². The van der Waals surface area contributed by atoms with Crippen LogP contribution in [0.1, 0.15) is 76.9 Å². The average molecular weight is 2030 g/mol. The second-order valence-corrected chi connectivity index (χ2v) is 38.4. The molecule has 12 bridgehead atoms. The maximum absolute atomic E-state index is 17.6. The zero-order valence-corrected chi connectivity index (χ0v) is 71.5. The highest BCUT2D eigenvalue weighted by molar-refractivity contribution is 7.87. The number of hydrogen-bond acceptors (Lipinski definition) is 22. The fourth-order valence-electron chi connectivity index (χ4n) is 13.7. The fourth-order valence-corrected chi connectivity index (χ4v) is 15.7. The lowest BCUT2D eigenvalue weighted by Gasteiger charge is -2.14. The SMILES string of the molecule is CS(=O)(=O)OCc1c(F)c(F)c(-c2c3cc(c(-c4c(F)c(F)c(COS(C)(=O)=O)c(F)c4F)c4ccc([nH]4)c(-c4c(F)c(F)c(COS(C)(=O)=O)c(F)c4F)c4nc(c(-c5c(F)c(F)c(COS(C)(=O)=O)c(F)c5F)c5cc(c(-c6c(F)c(F)c(COS(C)(=O)=O)c(F)c6F)c6ccc([nH]6)c(-c6c(F)c(F)c(COS(C)(=O)=O)c(F)c6F)c6nc2C=C6)C(=O)N5)C=C4)C(=O)N3)c(F)c1F. The van der Waals surface area contributed by atoms with Crippen LogP contribution in [0.15, 0.2) is 36.4 Å². The number of nitrogens with zero attached hydrogens (tertiary/aromatic N) is 2. The number of aromatic amines is 2. The van der Waals surface area contributed by atoms with Gasteiger partial charge in [0.2, 0.25) is 0 Å². The molecule has 0 radical (unpaired) electrons. The average Bonchev–Trinajstić information content (AvgIpc) is 1.59. The van der Waals surface area contributed by atoms with E-state index in [1.54, 1.807) is 10.6 Å². The van der Waals surface area contributed by atoms with Gasteiger partial charge in [-0.05, 0) is 60.7 Å². The van der Waals surface area contributed by atoms with Crippen LogP contribution in [-0.2, 0) is 125 Å². The molecule has 6 aromatic carbocycles. The first kappa shape index (κ1) is 99.1. The molecule has 710 valence electrons. The van der Waals surface area contributed by atoms with Crippen LogP contribution in [-0.4, -0.2) is 120 Å². The third-order valence-corrected chi connectivity index (χ3v) is 22.8. The number of H-pyrrole nitrogens is 2. The van der Waals surface area contributed by atoms with Crippen LogP contribution in [0.4, 0.5) is 117 Å². The minimum Gasteiger partial charge on any atom is -0.354 e. The lowest BCUT2D eigenvalue weighted by atomic mass is 9.96. The highest BCUT2D eigenvalue weighted by Crippen LogP contribution is 2.50. The van der Waals surface area contributed by atoms with E-state index in [1.807, 2.05) is 0 Å². The molecule has 26 nitrogen and oxygen atoms in total. The van der Waals surface area contributed by atoms with E-state index in [0.717, 1.165) is 0 Å². The first-order valence-electron chi connectivity index (χ1n) is 35.9. The molecule has 0 saturated carbocycles. The number of halogens is 24.